The molecule has 1 aromatic carbocycles. The molecule has 1 aromatic heterocycles. The molecule has 25 heavy (non-hydrogen) atoms. The Labute approximate surface area is 146 Å². The maximum atomic E-state index is 12.2. The van der Waals surface area contributed by atoms with Gasteiger partial charge in [0.1, 0.15) is 0 Å². The smallest absolute Gasteiger partial charge is 0.287 e. The van der Waals surface area contributed by atoms with Crippen molar-refractivity contribution in [3.63, 3.8) is 0 Å². The molecule has 2 N–H and O–H groups in total. The maximum Gasteiger partial charge on any atom is 0.287 e. The van der Waals surface area contributed by atoms with Crippen LogP contribution < -0.4 is 5.32 Å². The molecule has 0 radical (unpaired) electrons. The van der Waals surface area contributed by atoms with Gasteiger partial charge in [-0.2, -0.15) is 0 Å². The van der Waals surface area contributed by atoms with E-state index in [1.54, 1.807) is 17.0 Å². The third-order valence-corrected chi connectivity index (χ3v) is 4.63. The number of hydrogen-bond donors (Lipinski definition) is 2. The van der Waals surface area contributed by atoms with Crippen LogP contribution in [0.2, 0.25) is 0 Å². The Morgan fingerprint density at radius 3 is 2.52 bits per heavy atom. The standard InChI is InChI=1S/C19H22N2O4/c22-17(13-20-19(24)16-7-4-12-25-16)21-10-8-15(9-11-21)18(23)14-5-2-1-3-6-14/h1-7,12,15,18,23H,8-11,13H2,(H,20,24). The summed E-state index contributed by atoms with van der Waals surface area (Å²) in [5.41, 5.74) is 0.915. The van der Waals surface area contributed by atoms with Crippen molar-refractivity contribution in [2.24, 2.45) is 5.92 Å². The molecule has 1 aliphatic rings. The molecule has 1 atom stereocenters. The molecule has 3 rings (SSSR count). The van der Waals surface area contributed by atoms with E-state index in [0.29, 0.717) is 13.1 Å². The summed E-state index contributed by atoms with van der Waals surface area (Å²) in [6.45, 7) is 1.12. The Morgan fingerprint density at radius 1 is 1.16 bits per heavy atom. The summed E-state index contributed by atoms with van der Waals surface area (Å²) in [5.74, 6) is -0.179. The number of carbonyl (C=O) groups excluding carboxylic acids is 2. The van der Waals surface area contributed by atoms with Crippen LogP contribution in [0.4, 0.5) is 0 Å². The average molecular weight is 342 g/mol. The van der Waals surface area contributed by atoms with Crippen LogP contribution in [0.3, 0.4) is 0 Å². The van der Waals surface area contributed by atoms with Gasteiger partial charge in [0.2, 0.25) is 5.91 Å². The van der Waals surface area contributed by atoms with E-state index in [0.717, 1.165) is 18.4 Å². The number of nitrogens with one attached hydrogen (secondary N) is 1. The van der Waals surface area contributed by atoms with E-state index in [4.69, 9.17) is 4.42 Å². The fourth-order valence-corrected chi connectivity index (χ4v) is 3.15. The first-order valence-electron chi connectivity index (χ1n) is 8.47. The molecule has 0 saturated carbocycles. The summed E-state index contributed by atoms with van der Waals surface area (Å²) in [4.78, 5) is 25.8. The van der Waals surface area contributed by atoms with Gasteiger partial charge in [0.25, 0.3) is 5.91 Å². The lowest BCUT2D eigenvalue weighted by molar-refractivity contribution is -0.132. The summed E-state index contributed by atoms with van der Waals surface area (Å²) >= 11 is 0. The predicted molar refractivity (Wildman–Crippen MR) is 91.7 cm³/mol. The lowest BCUT2D eigenvalue weighted by Crippen LogP contribution is -2.44. The van der Waals surface area contributed by atoms with E-state index < -0.39 is 12.0 Å². The highest BCUT2D eigenvalue weighted by molar-refractivity contribution is 5.94. The summed E-state index contributed by atoms with van der Waals surface area (Å²) in [6, 6.07) is 12.8. The highest BCUT2D eigenvalue weighted by atomic mass is 16.3. The van der Waals surface area contributed by atoms with Gasteiger partial charge in [0.05, 0.1) is 18.9 Å². The minimum Gasteiger partial charge on any atom is -0.459 e. The van der Waals surface area contributed by atoms with E-state index in [2.05, 4.69) is 5.32 Å². The number of carbonyl (C=O) groups is 2. The number of aliphatic hydroxyl groups excluding tert-OH is 1. The van der Waals surface area contributed by atoms with Crippen LogP contribution in [0, 0.1) is 5.92 Å². The first kappa shape index (κ1) is 17.2. The quantitative estimate of drug-likeness (QED) is 0.870. The summed E-state index contributed by atoms with van der Waals surface area (Å²) in [7, 11) is 0. The molecule has 6 heteroatoms. The topological polar surface area (TPSA) is 82.8 Å². The number of rotatable bonds is 5. The lowest BCUT2D eigenvalue weighted by Gasteiger charge is -2.34. The molecule has 1 unspecified atom stereocenters. The number of furan rings is 1. The first-order chi connectivity index (χ1) is 12.1. The second kappa shape index (κ2) is 7.98. The van der Waals surface area contributed by atoms with Crippen molar-refractivity contribution < 1.29 is 19.1 Å². The second-order valence-corrected chi connectivity index (χ2v) is 6.23. The van der Waals surface area contributed by atoms with Gasteiger partial charge in [-0.1, -0.05) is 30.3 Å². The van der Waals surface area contributed by atoms with Crippen LogP contribution in [-0.4, -0.2) is 41.5 Å². The van der Waals surface area contributed by atoms with Crippen molar-refractivity contribution >= 4 is 11.8 Å². The van der Waals surface area contributed by atoms with Gasteiger partial charge in [-0.25, -0.2) is 0 Å². The first-order valence-corrected chi connectivity index (χ1v) is 8.47. The largest absolute Gasteiger partial charge is 0.459 e. The minimum absolute atomic E-state index is 0.0502. The SMILES string of the molecule is O=C(NCC(=O)N1CCC(C(O)c2ccccc2)CC1)c1ccco1. The van der Waals surface area contributed by atoms with E-state index in [1.165, 1.54) is 6.26 Å². The van der Waals surface area contributed by atoms with Gasteiger partial charge in [-0.15, -0.1) is 0 Å². The van der Waals surface area contributed by atoms with Crippen molar-refractivity contribution in [3.05, 3.63) is 60.1 Å². The average Bonchev–Trinajstić information content (AvgIpc) is 3.21. The van der Waals surface area contributed by atoms with Gasteiger partial charge >= 0.3 is 0 Å². The highest BCUT2D eigenvalue weighted by Crippen LogP contribution is 2.30. The Balaban J connectivity index is 1.45. The third-order valence-electron chi connectivity index (χ3n) is 4.63. The molecule has 2 aromatic rings. The second-order valence-electron chi connectivity index (χ2n) is 6.23. The number of hydrogen-bond acceptors (Lipinski definition) is 4. The van der Waals surface area contributed by atoms with Crippen molar-refractivity contribution in [2.75, 3.05) is 19.6 Å². The Morgan fingerprint density at radius 2 is 1.88 bits per heavy atom. The fraction of sp³-hybridized carbons (Fsp3) is 0.368. The Hall–Kier alpha value is -2.60. The number of amides is 2. The lowest BCUT2D eigenvalue weighted by atomic mass is 9.87. The minimum atomic E-state index is -0.503. The Kier molecular flexibility index (Phi) is 5.50. The van der Waals surface area contributed by atoms with Crippen LogP contribution in [0.15, 0.2) is 53.1 Å². The third kappa shape index (κ3) is 4.28. The molecule has 1 saturated heterocycles. The maximum absolute atomic E-state index is 12.2. The summed E-state index contributed by atoms with van der Waals surface area (Å²) in [6.07, 6.45) is 2.40. The summed E-state index contributed by atoms with van der Waals surface area (Å²) in [5, 5.41) is 13.0. The monoisotopic (exact) mass is 342 g/mol. The predicted octanol–water partition coefficient (Wildman–Crippen LogP) is 1.98. The molecule has 1 fully saturated rings. The normalized spacial score (nSPS) is 16.4. The van der Waals surface area contributed by atoms with E-state index in [-0.39, 0.29) is 24.1 Å². The molecule has 2 amide bonds. The van der Waals surface area contributed by atoms with Crippen molar-refractivity contribution in [2.45, 2.75) is 18.9 Å². The zero-order chi connectivity index (χ0) is 17.6. The van der Waals surface area contributed by atoms with Crippen LogP contribution >= 0.6 is 0 Å². The van der Waals surface area contributed by atoms with Crippen LogP contribution in [0.25, 0.3) is 0 Å². The number of nitrogens with zero attached hydrogens (tertiary/aromatic N) is 1. The van der Waals surface area contributed by atoms with E-state index in [1.807, 2.05) is 30.3 Å². The van der Waals surface area contributed by atoms with Gasteiger partial charge < -0.3 is 19.7 Å². The van der Waals surface area contributed by atoms with Gasteiger partial charge in [-0.05, 0) is 36.5 Å². The molecule has 6 nitrogen and oxygen atoms in total. The van der Waals surface area contributed by atoms with Crippen LogP contribution in [0.5, 0.6) is 0 Å². The number of piperidine rings is 1. The van der Waals surface area contributed by atoms with E-state index >= 15 is 0 Å². The van der Waals surface area contributed by atoms with Gasteiger partial charge in [-0.3, -0.25) is 9.59 Å². The molecule has 0 bridgehead atoms. The molecule has 0 spiro atoms. The number of benzene rings is 1. The van der Waals surface area contributed by atoms with Crippen molar-refractivity contribution in [1.82, 2.24) is 10.2 Å². The zero-order valence-corrected chi connectivity index (χ0v) is 13.9. The van der Waals surface area contributed by atoms with Crippen molar-refractivity contribution in [3.8, 4) is 0 Å². The molecule has 0 aliphatic carbocycles. The molecular formula is C19H22N2O4. The molecule has 1 aliphatic heterocycles. The van der Waals surface area contributed by atoms with Gasteiger partial charge in [0, 0.05) is 13.1 Å². The Bertz CT molecular complexity index is 691. The van der Waals surface area contributed by atoms with Gasteiger partial charge in [0.15, 0.2) is 5.76 Å². The van der Waals surface area contributed by atoms with E-state index in [9.17, 15) is 14.7 Å². The number of likely N-dealkylation sites (tertiary alicyclic amines) is 1. The molecule has 132 valence electrons. The van der Waals surface area contributed by atoms with Crippen LogP contribution in [0.1, 0.15) is 35.1 Å². The molecular weight excluding hydrogens is 320 g/mol. The highest BCUT2D eigenvalue weighted by Gasteiger charge is 2.28. The molecule has 2 heterocycles. The van der Waals surface area contributed by atoms with Crippen LogP contribution in [-0.2, 0) is 4.79 Å². The fourth-order valence-electron chi connectivity index (χ4n) is 3.15. The van der Waals surface area contributed by atoms with Crippen molar-refractivity contribution in [1.29, 1.82) is 0 Å². The summed E-state index contributed by atoms with van der Waals surface area (Å²) < 4.78 is 4.99. The number of aliphatic hydroxyl groups is 1. The zero-order valence-electron chi connectivity index (χ0n) is 13.9.